The molecule has 0 saturated carbocycles. The number of nitriles is 1. The van der Waals surface area contributed by atoms with Crippen molar-refractivity contribution < 1.29 is 4.92 Å². The molecule has 94 valence electrons. The molecule has 1 aliphatic heterocycles. The molecule has 1 atom stereocenters. The van der Waals surface area contributed by atoms with E-state index < -0.39 is 4.92 Å². The van der Waals surface area contributed by atoms with Gasteiger partial charge < -0.3 is 10.2 Å². The quantitative estimate of drug-likeness (QED) is 0.641. The summed E-state index contributed by atoms with van der Waals surface area (Å²) in [5.74, 6) is 0. The third kappa shape index (κ3) is 2.26. The summed E-state index contributed by atoms with van der Waals surface area (Å²) in [7, 11) is 1.92. The van der Waals surface area contributed by atoms with E-state index in [1.165, 1.54) is 12.1 Å². The topological polar surface area (TPSA) is 82.2 Å². The van der Waals surface area contributed by atoms with Crippen molar-refractivity contribution in [1.29, 1.82) is 5.26 Å². The Bertz CT molecular complexity index is 503. The first kappa shape index (κ1) is 12.3. The standard InChI is InChI=1S/C12H14N4O2/c1-15(11-4-5-14-8-11)12-3-2-10(16(17)18)6-9(12)7-13/h2-3,6,11,14H,4-5,8H2,1H3. The smallest absolute Gasteiger partial charge is 0.270 e. The van der Waals surface area contributed by atoms with Crippen LogP contribution >= 0.6 is 0 Å². The largest absolute Gasteiger partial charge is 0.369 e. The third-order valence-corrected chi connectivity index (χ3v) is 3.27. The third-order valence-electron chi connectivity index (χ3n) is 3.27. The van der Waals surface area contributed by atoms with Gasteiger partial charge in [-0.15, -0.1) is 0 Å². The zero-order valence-electron chi connectivity index (χ0n) is 10.1. The maximum Gasteiger partial charge on any atom is 0.270 e. The molecule has 1 aliphatic rings. The van der Waals surface area contributed by atoms with Crippen LogP contribution in [0, 0.1) is 21.4 Å². The number of non-ortho nitro benzene ring substituents is 1. The van der Waals surface area contributed by atoms with Gasteiger partial charge in [0.2, 0.25) is 0 Å². The van der Waals surface area contributed by atoms with Gasteiger partial charge in [0.25, 0.3) is 5.69 Å². The van der Waals surface area contributed by atoms with Crippen LogP contribution in [0.5, 0.6) is 0 Å². The molecule has 1 fully saturated rings. The number of benzene rings is 1. The van der Waals surface area contributed by atoms with Crippen molar-refractivity contribution in [2.45, 2.75) is 12.5 Å². The van der Waals surface area contributed by atoms with Gasteiger partial charge in [-0.2, -0.15) is 5.26 Å². The Balaban J connectivity index is 2.32. The zero-order chi connectivity index (χ0) is 13.1. The van der Waals surface area contributed by atoms with Gasteiger partial charge in [0.15, 0.2) is 0 Å². The monoisotopic (exact) mass is 246 g/mol. The van der Waals surface area contributed by atoms with Gasteiger partial charge in [-0.1, -0.05) is 0 Å². The van der Waals surface area contributed by atoms with E-state index in [1.807, 2.05) is 18.0 Å². The number of anilines is 1. The highest BCUT2D eigenvalue weighted by Crippen LogP contribution is 2.26. The van der Waals surface area contributed by atoms with Crippen LogP contribution in [0.25, 0.3) is 0 Å². The van der Waals surface area contributed by atoms with Crippen LogP contribution < -0.4 is 10.2 Å². The van der Waals surface area contributed by atoms with Crippen LogP contribution in [0.3, 0.4) is 0 Å². The Morgan fingerprint density at radius 1 is 1.61 bits per heavy atom. The molecule has 6 nitrogen and oxygen atoms in total. The lowest BCUT2D eigenvalue weighted by Crippen LogP contribution is -2.33. The highest BCUT2D eigenvalue weighted by Gasteiger charge is 2.22. The minimum atomic E-state index is -0.484. The summed E-state index contributed by atoms with van der Waals surface area (Å²) in [4.78, 5) is 12.2. The van der Waals surface area contributed by atoms with Crippen LogP contribution in [0.4, 0.5) is 11.4 Å². The summed E-state index contributed by atoms with van der Waals surface area (Å²) in [5, 5.41) is 23.0. The van der Waals surface area contributed by atoms with E-state index in [0.29, 0.717) is 11.6 Å². The van der Waals surface area contributed by atoms with Gasteiger partial charge in [0.1, 0.15) is 6.07 Å². The average Bonchev–Trinajstić information content (AvgIpc) is 2.90. The molecule has 1 heterocycles. The molecule has 1 aromatic carbocycles. The normalized spacial score (nSPS) is 18.3. The van der Waals surface area contributed by atoms with Gasteiger partial charge in [-0.3, -0.25) is 10.1 Å². The predicted molar refractivity (Wildman–Crippen MR) is 67.5 cm³/mol. The summed E-state index contributed by atoms with van der Waals surface area (Å²) in [5.41, 5.74) is 1.05. The number of nitrogens with one attached hydrogen (secondary N) is 1. The molecule has 18 heavy (non-hydrogen) atoms. The fraction of sp³-hybridized carbons (Fsp3) is 0.417. The number of hydrogen-bond donors (Lipinski definition) is 1. The highest BCUT2D eigenvalue weighted by molar-refractivity contribution is 5.63. The lowest BCUT2D eigenvalue weighted by molar-refractivity contribution is -0.384. The Morgan fingerprint density at radius 2 is 2.39 bits per heavy atom. The van der Waals surface area contributed by atoms with Crippen molar-refractivity contribution in [3.05, 3.63) is 33.9 Å². The van der Waals surface area contributed by atoms with Gasteiger partial charge in [-0.05, 0) is 19.0 Å². The summed E-state index contributed by atoms with van der Waals surface area (Å²) < 4.78 is 0. The number of nitro groups is 1. The molecule has 0 aromatic heterocycles. The first-order valence-corrected chi connectivity index (χ1v) is 5.75. The van der Waals surface area contributed by atoms with E-state index in [1.54, 1.807) is 6.07 Å². The Kier molecular flexibility index (Phi) is 3.44. The molecule has 0 bridgehead atoms. The number of rotatable bonds is 3. The Labute approximate surface area is 105 Å². The molecule has 1 saturated heterocycles. The minimum Gasteiger partial charge on any atom is -0.369 e. The van der Waals surface area contributed by atoms with E-state index in [0.717, 1.165) is 25.2 Å². The molecule has 6 heteroatoms. The van der Waals surface area contributed by atoms with Crippen LogP contribution in [-0.2, 0) is 0 Å². The van der Waals surface area contributed by atoms with Crippen molar-refractivity contribution >= 4 is 11.4 Å². The summed E-state index contributed by atoms with van der Waals surface area (Å²) in [6, 6.07) is 6.78. The van der Waals surface area contributed by atoms with Crippen LogP contribution in [0.15, 0.2) is 18.2 Å². The molecule has 0 spiro atoms. The molecule has 1 unspecified atom stereocenters. The zero-order valence-corrected chi connectivity index (χ0v) is 10.1. The van der Waals surface area contributed by atoms with E-state index in [4.69, 9.17) is 5.26 Å². The minimum absolute atomic E-state index is 0.0479. The van der Waals surface area contributed by atoms with Crippen LogP contribution in [-0.4, -0.2) is 31.1 Å². The van der Waals surface area contributed by atoms with E-state index in [9.17, 15) is 10.1 Å². The molecule has 0 aliphatic carbocycles. The van der Waals surface area contributed by atoms with E-state index in [2.05, 4.69) is 5.32 Å². The number of likely N-dealkylation sites (N-methyl/N-ethyl adjacent to an activating group) is 1. The summed E-state index contributed by atoms with van der Waals surface area (Å²) in [6.07, 6.45) is 1.01. The second-order valence-electron chi connectivity index (χ2n) is 4.33. The Hall–Kier alpha value is -2.13. The maximum absolute atomic E-state index is 10.7. The van der Waals surface area contributed by atoms with Gasteiger partial charge >= 0.3 is 0 Å². The first-order chi connectivity index (χ1) is 8.63. The van der Waals surface area contributed by atoms with E-state index in [-0.39, 0.29) is 5.69 Å². The number of hydrogen-bond acceptors (Lipinski definition) is 5. The second-order valence-corrected chi connectivity index (χ2v) is 4.33. The van der Waals surface area contributed by atoms with Crippen molar-refractivity contribution in [1.82, 2.24) is 5.32 Å². The van der Waals surface area contributed by atoms with Crippen LogP contribution in [0.2, 0.25) is 0 Å². The van der Waals surface area contributed by atoms with Crippen molar-refractivity contribution in [2.75, 3.05) is 25.0 Å². The second kappa shape index (κ2) is 5.02. The van der Waals surface area contributed by atoms with Gasteiger partial charge in [0, 0.05) is 31.8 Å². The number of nitrogens with zero attached hydrogens (tertiary/aromatic N) is 3. The van der Waals surface area contributed by atoms with E-state index >= 15 is 0 Å². The summed E-state index contributed by atoms with van der Waals surface area (Å²) >= 11 is 0. The predicted octanol–water partition coefficient (Wildman–Crippen LogP) is 1.26. The van der Waals surface area contributed by atoms with Crippen molar-refractivity contribution in [3.8, 4) is 6.07 Å². The molecule has 1 aromatic rings. The van der Waals surface area contributed by atoms with Crippen LogP contribution in [0.1, 0.15) is 12.0 Å². The Morgan fingerprint density at radius 3 is 2.94 bits per heavy atom. The molecular weight excluding hydrogens is 232 g/mol. The maximum atomic E-state index is 10.7. The fourth-order valence-electron chi connectivity index (χ4n) is 2.20. The van der Waals surface area contributed by atoms with Gasteiger partial charge in [0.05, 0.1) is 16.2 Å². The van der Waals surface area contributed by atoms with Gasteiger partial charge in [-0.25, -0.2) is 0 Å². The average molecular weight is 246 g/mol. The van der Waals surface area contributed by atoms with Crippen molar-refractivity contribution in [2.24, 2.45) is 0 Å². The molecular formula is C12H14N4O2. The van der Waals surface area contributed by atoms with Crippen molar-refractivity contribution in [3.63, 3.8) is 0 Å². The number of nitro benzene ring substituents is 1. The molecule has 0 amide bonds. The molecule has 1 N–H and O–H groups in total. The first-order valence-electron chi connectivity index (χ1n) is 5.75. The summed E-state index contributed by atoms with van der Waals surface area (Å²) in [6.45, 7) is 1.84. The lowest BCUT2D eigenvalue weighted by Gasteiger charge is -2.26. The molecule has 0 radical (unpaired) electrons. The lowest BCUT2D eigenvalue weighted by atomic mass is 10.1. The fourth-order valence-corrected chi connectivity index (χ4v) is 2.20. The SMILES string of the molecule is CN(c1ccc([N+](=O)[O-])cc1C#N)C1CCNC1. The molecule has 2 rings (SSSR count). The highest BCUT2D eigenvalue weighted by atomic mass is 16.6.